The first-order valence-corrected chi connectivity index (χ1v) is 36.1. The highest BCUT2D eigenvalue weighted by molar-refractivity contribution is 6.00. The van der Waals surface area contributed by atoms with Gasteiger partial charge in [0.15, 0.2) is 0 Å². The minimum absolute atomic E-state index is 0.0750. The summed E-state index contributed by atoms with van der Waals surface area (Å²) in [6.07, 6.45) is 17.7. The van der Waals surface area contributed by atoms with Crippen LogP contribution in [0.4, 0.5) is 56.9 Å². The summed E-state index contributed by atoms with van der Waals surface area (Å²) in [5.74, 6) is 1.17. The summed E-state index contributed by atoms with van der Waals surface area (Å²) < 4.78 is 10.5. The third-order valence-corrected chi connectivity index (χ3v) is 17.0. The van der Waals surface area contributed by atoms with E-state index in [0.717, 1.165) is 122 Å². The second-order valence-corrected chi connectivity index (χ2v) is 25.5. The molecule has 0 spiro atoms. The molecule has 0 aliphatic heterocycles. The molecule has 0 fully saturated rings. The number of aryl methyl sites for hydroxylation is 2. The molecule has 15 rings (SSSR count). The van der Waals surface area contributed by atoms with Crippen LogP contribution in [0.1, 0.15) is 18.1 Å². The van der Waals surface area contributed by atoms with Gasteiger partial charge in [0.25, 0.3) is 0 Å². The third-order valence-electron chi connectivity index (χ3n) is 17.0. The van der Waals surface area contributed by atoms with E-state index in [1.54, 1.807) is 69.1 Å². The first-order valence-electron chi connectivity index (χ1n) is 36.1. The molecule has 0 saturated heterocycles. The lowest BCUT2D eigenvalue weighted by atomic mass is 10.1. The van der Waals surface area contributed by atoms with Crippen LogP contribution in [0.3, 0.4) is 0 Å². The van der Waals surface area contributed by atoms with Crippen molar-refractivity contribution in [2.75, 3.05) is 99.6 Å². The molecule has 15 aromatic rings. The van der Waals surface area contributed by atoms with E-state index in [9.17, 15) is 24.0 Å². The molecule has 0 saturated carbocycles. The van der Waals surface area contributed by atoms with E-state index in [0.29, 0.717) is 6.61 Å². The molecule has 5 heterocycles. The monoisotopic (exact) mass is 1490 g/mol. The van der Waals surface area contributed by atoms with Crippen LogP contribution in [0.15, 0.2) is 311 Å². The van der Waals surface area contributed by atoms with Gasteiger partial charge in [-0.3, -0.25) is 48.9 Å². The van der Waals surface area contributed by atoms with Gasteiger partial charge in [0.1, 0.15) is 11.5 Å². The zero-order valence-corrected chi connectivity index (χ0v) is 62.3. The maximum absolute atomic E-state index is 12.1. The van der Waals surface area contributed by atoms with E-state index < -0.39 is 0 Å². The summed E-state index contributed by atoms with van der Waals surface area (Å²) in [6.45, 7) is 7.74. The molecule has 0 bridgehead atoms. The van der Waals surface area contributed by atoms with Crippen LogP contribution in [0.25, 0.3) is 53.9 Å². The van der Waals surface area contributed by atoms with Crippen molar-refractivity contribution in [3.05, 3.63) is 322 Å². The SMILES string of the molecule is CCOc1ccc(NCC(=O)Nc2ccc3cnccc3c2)cc1.COc1ccc(NCC(=O)Nc2ccc3cnccc3c2)cc1.Cc1ccc(NCC(=O)Nc2ccc3cnccc3c2)cc1.Cc1ccc(NCC(=O)Nc2ccc3cnccc3c2)cc1.O=C(CNc1ccccc1)Nc1ccc2cnccc2c1. The van der Waals surface area contributed by atoms with Crippen molar-refractivity contribution in [2.45, 2.75) is 20.8 Å². The summed E-state index contributed by atoms with van der Waals surface area (Å²) in [5.41, 5.74) is 10.8. The molecule has 22 nitrogen and oxygen atoms in total. The summed E-state index contributed by atoms with van der Waals surface area (Å²) in [4.78, 5) is 80.4. The summed E-state index contributed by atoms with van der Waals surface area (Å²) >= 11 is 0. The zero-order chi connectivity index (χ0) is 78.1. The lowest BCUT2D eigenvalue weighted by Crippen LogP contribution is -2.21. The first kappa shape index (κ1) is 78.3. The standard InChI is InChI=1S/C19H19N3O2.C18H17N3O2.2C18H17N3O.C17H15N3O/c1-2-24-18-7-5-16(6-8-18)21-13-19(23)22-17-4-3-15-12-20-10-9-14(15)11-17;1-23-17-6-4-15(5-7-17)20-12-18(22)21-16-3-2-14-11-19-9-8-13(14)10-16;2*1-13-2-5-16(6-3-13)20-12-18(22)21-17-7-4-15-11-19-9-8-14(15)10-17;21-17(12-19-15-4-2-1-3-5-15)20-16-7-6-14-11-18-9-8-13(14)10-16/h3-12,21H,2,13H2,1H3,(H,22,23);2-11,20H,12H2,1H3,(H,21,22);2*2-11,20H,12H2,1H3,(H,21,22);1-11,19H,12H2,(H,20,21). The molecule has 22 heteroatoms. The number of hydrogen-bond donors (Lipinski definition) is 10. The average molecular weight is 1490 g/mol. The van der Waals surface area contributed by atoms with Gasteiger partial charge in [0.05, 0.1) is 46.4 Å². The zero-order valence-electron chi connectivity index (χ0n) is 62.3. The molecular weight excluding hydrogens is 1400 g/mol. The highest BCUT2D eigenvalue weighted by Gasteiger charge is 2.10. The number of ether oxygens (including phenoxy) is 2. The minimum Gasteiger partial charge on any atom is -0.497 e. The molecule has 0 aliphatic carbocycles. The fourth-order valence-electron chi connectivity index (χ4n) is 11.2. The Hall–Kier alpha value is -14.8. The van der Waals surface area contributed by atoms with Gasteiger partial charge in [0.2, 0.25) is 29.5 Å². The number of carbonyl (C=O) groups excluding carboxylic acids is 5. The Bertz CT molecular complexity index is 5470. The molecule has 5 amide bonds. The Morgan fingerprint density at radius 3 is 0.750 bits per heavy atom. The Morgan fingerprint density at radius 1 is 0.268 bits per heavy atom. The lowest BCUT2D eigenvalue weighted by Gasteiger charge is -2.09. The van der Waals surface area contributed by atoms with Gasteiger partial charge < -0.3 is 62.6 Å². The highest BCUT2D eigenvalue weighted by Crippen LogP contribution is 2.25. The van der Waals surface area contributed by atoms with Crippen molar-refractivity contribution in [3.63, 3.8) is 0 Å². The Morgan fingerprint density at radius 2 is 0.500 bits per heavy atom. The Kier molecular flexibility index (Phi) is 28.5. The van der Waals surface area contributed by atoms with Gasteiger partial charge in [-0.2, -0.15) is 0 Å². The molecule has 0 radical (unpaired) electrons. The number of aromatic nitrogens is 5. The van der Waals surface area contributed by atoms with Gasteiger partial charge in [0, 0.05) is 146 Å². The van der Waals surface area contributed by atoms with E-state index in [1.807, 2.05) is 269 Å². The number of anilines is 10. The molecule has 5 aromatic heterocycles. The third kappa shape index (κ3) is 25.2. The number of pyridine rings is 5. The number of fused-ring (bicyclic) bond motifs is 5. The predicted octanol–water partition coefficient (Wildman–Crippen LogP) is 17.5. The van der Waals surface area contributed by atoms with Crippen LogP contribution < -0.4 is 62.6 Å². The van der Waals surface area contributed by atoms with Gasteiger partial charge in [-0.05, 0) is 224 Å². The van der Waals surface area contributed by atoms with Crippen molar-refractivity contribution in [1.82, 2.24) is 24.9 Å². The molecule has 0 unspecified atom stereocenters. The number of rotatable bonds is 23. The topological polar surface area (TPSA) is 289 Å². The van der Waals surface area contributed by atoms with Crippen LogP contribution in [0, 0.1) is 13.8 Å². The maximum Gasteiger partial charge on any atom is 0.243 e. The smallest absolute Gasteiger partial charge is 0.243 e. The fourth-order valence-corrected chi connectivity index (χ4v) is 11.2. The van der Waals surface area contributed by atoms with E-state index in [4.69, 9.17) is 9.47 Å². The summed E-state index contributed by atoms with van der Waals surface area (Å²) in [5, 5.41) is 40.4. The van der Waals surface area contributed by atoms with Crippen molar-refractivity contribution in [2.24, 2.45) is 0 Å². The largest absolute Gasteiger partial charge is 0.497 e. The Balaban J connectivity index is 0.000000139. The fraction of sp³-hybridized carbons (Fsp3) is 0.111. The van der Waals surface area contributed by atoms with Crippen molar-refractivity contribution in [1.29, 1.82) is 0 Å². The van der Waals surface area contributed by atoms with E-state index in [2.05, 4.69) is 78.1 Å². The quantitative estimate of drug-likeness (QED) is 0.0285. The maximum atomic E-state index is 12.1. The van der Waals surface area contributed by atoms with Crippen LogP contribution in [-0.4, -0.2) is 101 Å². The van der Waals surface area contributed by atoms with Crippen LogP contribution >= 0.6 is 0 Å². The number of methoxy groups -OCH3 is 1. The normalized spacial score (nSPS) is 10.4. The van der Waals surface area contributed by atoms with Gasteiger partial charge in [-0.15, -0.1) is 0 Å². The molecular formula is C90H85N15O7. The number of hydrogen-bond acceptors (Lipinski definition) is 17. The van der Waals surface area contributed by atoms with Gasteiger partial charge in [-0.1, -0.05) is 83.9 Å². The molecule has 562 valence electrons. The van der Waals surface area contributed by atoms with Crippen molar-refractivity contribution >= 4 is 140 Å². The molecule has 112 heavy (non-hydrogen) atoms. The Labute approximate surface area is 648 Å². The average Bonchev–Trinajstić information content (AvgIpc) is 0.858. The lowest BCUT2D eigenvalue weighted by molar-refractivity contribution is -0.115. The second-order valence-electron chi connectivity index (χ2n) is 25.5. The number of nitrogens with one attached hydrogen (secondary N) is 10. The van der Waals surface area contributed by atoms with Crippen molar-refractivity contribution in [3.8, 4) is 11.5 Å². The summed E-state index contributed by atoms with van der Waals surface area (Å²) in [6, 6.07) is 78.9. The first-order chi connectivity index (χ1) is 54.7. The molecule has 10 aromatic carbocycles. The number of carbonyl (C=O) groups is 5. The second kappa shape index (κ2) is 40.8. The number of nitrogens with zero attached hydrogens (tertiary/aromatic N) is 5. The van der Waals surface area contributed by atoms with E-state index >= 15 is 0 Å². The van der Waals surface area contributed by atoms with Gasteiger partial charge >= 0.3 is 0 Å². The van der Waals surface area contributed by atoms with E-state index in [1.165, 1.54) is 11.1 Å². The minimum atomic E-state index is -0.103. The van der Waals surface area contributed by atoms with Crippen LogP contribution in [0.2, 0.25) is 0 Å². The summed E-state index contributed by atoms with van der Waals surface area (Å²) in [7, 11) is 1.62. The van der Waals surface area contributed by atoms with Crippen molar-refractivity contribution < 1.29 is 33.4 Å². The van der Waals surface area contributed by atoms with E-state index in [-0.39, 0.29) is 62.3 Å². The predicted molar refractivity (Wildman–Crippen MR) is 454 cm³/mol. The molecule has 0 aliphatic rings. The van der Waals surface area contributed by atoms with Crippen LogP contribution in [0.5, 0.6) is 11.5 Å². The molecule has 10 N–H and O–H groups in total. The number of para-hydroxylation sites is 1. The van der Waals surface area contributed by atoms with Crippen LogP contribution in [-0.2, 0) is 24.0 Å². The number of amides is 5. The number of benzene rings is 10. The molecule has 0 atom stereocenters. The van der Waals surface area contributed by atoms with Gasteiger partial charge in [-0.25, -0.2) is 0 Å². The highest BCUT2D eigenvalue weighted by atomic mass is 16.5.